The van der Waals surface area contributed by atoms with E-state index >= 15 is 0 Å². The smallest absolute Gasteiger partial charge is 0.149 e. The van der Waals surface area contributed by atoms with Crippen molar-refractivity contribution in [1.29, 1.82) is 5.53 Å². The summed E-state index contributed by atoms with van der Waals surface area (Å²) in [5, 5.41) is 4.89. The van der Waals surface area contributed by atoms with Gasteiger partial charge in [-0.3, -0.25) is 0 Å². The summed E-state index contributed by atoms with van der Waals surface area (Å²) < 4.78 is 6.99. The summed E-state index contributed by atoms with van der Waals surface area (Å²) in [4.78, 5) is 4.82. The molecule has 1 aliphatic carbocycles. The first kappa shape index (κ1) is 16.4. The van der Waals surface area contributed by atoms with Crippen molar-refractivity contribution in [1.82, 2.24) is 4.98 Å². The number of unbranched alkanes of at least 4 members (excludes halogenated alkanes) is 3. The van der Waals surface area contributed by atoms with Crippen LogP contribution in [0, 0.1) is 5.53 Å². The fourth-order valence-electron chi connectivity index (χ4n) is 3.22. The summed E-state index contributed by atoms with van der Waals surface area (Å²) in [7, 11) is 0. The van der Waals surface area contributed by atoms with Gasteiger partial charge >= 0.3 is 0 Å². The zero-order valence-electron chi connectivity index (χ0n) is 13.8. The molecular formula is C18H25N3OS. The summed E-state index contributed by atoms with van der Waals surface area (Å²) in [5.41, 5.74) is 9.02. The van der Waals surface area contributed by atoms with Gasteiger partial charge in [0, 0.05) is 12.0 Å². The van der Waals surface area contributed by atoms with Crippen LogP contribution >= 0.6 is 11.3 Å². The number of fused-ring (bicyclic) bond motifs is 1. The average molecular weight is 331 g/mol. The lowest BCUT2D eigenvalue weighted by Crippen LogP contribution is -1.97. The minimum atomic E-state index is 0.620. The van der Waals surface area contributed by atoms with Crippen molar-refractivity contribution in [2.75, 3.05) is 6.61 Å². The largest absolute Gasteiger partial charge is 0.491 e. The van der Waals surface area contributed by atoms with Crippen LogP contribution in [0.3, 0.4) is 0 Å². The van der Waals surface area contributed by atoms with E-state index < -0.39 is 0 Å². The molecule has 0 amide bonds. The van der Waals surface area contributed by atoms with Gasteiger partial charge < -0.3 is 4.74 Å². The van der Waals surface area contributed by atoms with Gasteiger partial charge in [-0.2, -0.15) is 5.11 Å². The van der Waals surface area contributed by atoms with Gasteiger partial charge in [0.05, 0.1) is 21.8 Å². The van der Waals surface area contributed by atoms with Crippen molar-refractivity contribution in [3.63, 3.8) is 0 Å². The number of nitrogens with zero attached hydrogens (tertiary/aromatic N) is 2. The summed E-state index contributed by atoms with van der Waals surface area (Å²) in [6.45, 7) is 2.89. The van der Waals surface area contributed by atoms with E-state index in [1.807, 2.05) is 12.1 Å². The van der Waals surface area contributed by atoms with Crippen LogP contribution in [-0.2, 0) is 0 Å². The molecule has 124 valence electrons. The third-order valence-electron chi connectivity index (χ3n) is 4.57. The standard InChI is InChI=1S/C18H25N3OS/c1-2-3-4-7-10-22-16-11-15-17(12-14(16)21-19)23-18(20-15)13-8-5-6-9-13/h11-13,19H,2-10H2,1H3. The molecule has 1 aromatic heterocycles. The molecule has 5 heteroatoms. The van der Waals surface area contributed by atoms with E-state index in [9.17, 15) is 0 Å². The van der Waals surface area contributed by atoms with Gasteiger partial charge in [-0.1, -0.05) is 39.0 Å². The Morgan fingerprint density at radius 1 is 1.26 bits per heavy atom. The van der Waals surface area contributed by atoms with Crippen molar-refractivity contribution in [2.45, 2.75) is 64.2 Å². The fourth-order valence-corrected chi connectivity index (χ4v) is 4.37. The molecule has 1 saturated carbocycles. The Morgan fingerprint density at radius 3 is 2.83 bits per heavy atom. The second kappa shape index (κ2) is 7.86. The highest BCUT2D eigenvalue weighted by Gasteiger charge is 2.21. The molecule has 2 aromatic rings. The highest BCUT2D eigenvalue weighted by Crippen LogP contribution is 2.41. The maximum Gasteiger partial charge on any atom is 0.149 e. The first-order valence-corrected chi connectivity index (χ1v) is 9.58. The summed E-state index contributed by atoms with van der Waals surface area (Å²) >= 11 is 1.76. The average Bonchev–Trinajstić information content (AvgIpc) is 3.22. The van der Waals surface area contributed by atoms with E-state index in [0.29, 0.717) is 24.0 Å². The lowest BCUT2D eigenvalue weighted by atomic mass is 10.1. The quantitative estimate of drug-likeness (QED) is 0.439. The Kier molecular flexibility index (Phi) is 5.60. The van der Waals surface area contributed by atoms with E-state index in [1.165, 1.54) is 50.0 Å². The second-order valence-corrected chi connectivity index (χ2v) is 7.40. The number of aromatic nitrogens is 1. The van der Waals surface area contributed by atoms with Crippen molar-refractivity contribution in [3.8, 4) is 5.75 Å². The maximum atomic E-state index is 7.41. The summed E-state index contributed by atoms with van der Waals surface area (Å²) in [6, 6.07) is 3.93. The SMILES string of the molecule is CCCCCCOc1cc2nc(C3CCCC3)sc2cc1N=N. The monoisotopic (exact) mass is 331 g/mol. The number of thiazole rings is 1. The van der Waals surface area contributed by atoms with Crippen LogP contribution in [-0.4, -0.2) is 11.6 Å². The van der Waals surface area contributed by atoms with E-state index in [0.717, 1.165) is 16.6 Å². The van der Waals surface area contributed by atoms with Gasteiger partial charge in [-0.25, -0.2) is 10.5 Å². The lowest BCUT2D eigenvalue weighted by Gasteiger charge is -2.08. The van der Waals surface area contributed by atoms with Crippen LogP contribution in [0.15, 0.2) is 17.2 Å². The second-order valence-electron chi connectivity index (χ2n) is 6.34. The first-order chi connectivity index (χ1) is 11.3. The van der Waals surface area contributed by atoms with Crippen molar-refractivity contribution in [3.05, 3.63) is 17.1 Å². The van der Waals surface area contributed by atoms with Crippen LogP contribution < -0.4 is 4.74 Å². The van der Waals surface area contributed by atoms with Crippen LogP contribution in [0.5, 0.6) is 5.75 Å². The molecule has 1 heterocycles. The maximum absolute atomic E-state index is 7.41. The Bertz CT molecular complexity index is 662. The normalized spacial score (nSPS) is 15.3. The molecule has 0 saturated heterocycles. The minimum Gasteiger partial charge on any atom is -0.491 e. The summed E-state index contributed by atoms with van der Waals surface area (Å²) in [6.07, 6.45) is 9.87. The Balaban J connectivity index is 1.75. The molecule has 1 N–H and O–H groups in total. The molecule has 0 unspecified atom stereocenters. The highest BCUT2D eigenvalue weighted by atomic mass is 32.1. The molecule has 0 aliphatic heterocycles. The zero-order chi connectivity index (χ0) is 16.1. The van der Waals surface area contributed by atoms with Crippen molar-refractivity contribution >= 4 is 27.2 Å². The molecule has 4 nitrogen and oxygen atoms in total. The van der Waals surface area contributed by atoms with Gasteiger partial charge in [0.15, 0.2) is 0 Å². The Hall–Kier alpha value is -1.49. The van der Waals surface area contributed by atoms with E-state index in [-0.39, 0.29) is 0 Å². The molecule has 0 atom stereocenters. The number of benzene rings is 1. The van der Waals surface area contributed by atoms with E-state index in [1.54, 1.807) is 11.3 Å². The van der Waals surface area contributed by atoms with Crippen molar-refractivity contribution in [2.24, 2.45) is 5.11 Å². The minimum absolute atomic E-state index is 0.620. The highest BCUT2D eigenvalue weighted by molar-refractivity contribution is 7.18. The van der Waals surface area contributed by atoms with E-state index in [2.05, 4.69) is 12.0 Å². The zero-order valence-corrected chi connectivity index (χ0v) is 14.6. The first-order valence-electron chi connectivity index (χ1n) is 8.76. The Morgan fingerprint density at radius 2 is 2.09 bits per heavy atom. The van der Waals surface area contributed by atoms with Gasteiger partial charge in [0.25, 0.3) is 0 Å². The van der Waals surface area contributed by atoms with Crippen LogP contribution in [0.1, 0.15) is 69.2 Å². The molecule has 3 rings (SSSR count). The molecule has 0 radical (unpaired) electrons. The van der Waals surface area contributed by atoms with Crippen LogP contribution in [0.25, 0.3) is 10.2 Å². The molecule has 1 fully saturated rings. The third kappa shape index (κ3) is 3.89. The predicted molar refractivity (Wildman–Crippen MR) is 95.3 cm³/mol. The Labute approximate surface area is 141 Å². The molecule has 23 heavy (non-hydrogen) atoms. The van der Waals surface area contributed by atoms with Gasteiger partial charge in [0.1, 0.15) is 11.4 Å². The predicted octanol–water partition coefficient (Wildman–Crippen LogP) is 6.58. The number of nitrogens with one attached hydrogen (secondary N) is 1. The van der Waals surface area contributed by atoms with Crippen LogP contribution in [0.4, 0.5) is 5.69 Å². The third-order valence-corrected chi connectivity index (χ3v) is 5.75. The van der Waals surface area contributed by atoms with Crippen LogP contribution in [0.2, 0.25) is 0 Å². The van der Waals surface area contributed by atoms with E-state index in [4.69, 9.17) is 15.3 Å². The van der Waals surface area contributed by atoms with Gasteiger partial charge in [0.2, 0.25) is 0 Å². The number of ether oxygens (including phenoxy) is 1. The topological polar surface area (TPSA) is 58.3 Å². The molecule has 1 aromatic carbocycles. The number of hydrogen-bond acceptors (Lipinski definition) is 5. The summed E-state index contributed by atoms with van der Waals surface area (Å²) in [5.74, 6) is 1.33. The van der Waals surface area contributed by atoms with Gasteiger partial charge in [-0.15, -0.1) is 11.3 Å². The van der Waals surface area contributed by atoms with Gasteiger partial charge in [-0.05, 0) is 25.3 Å². The fraction of sp³-hybridized carbons (Fsp3) is 0.611. The van der Waals surface area contributed by atoms with Crippen molar-refractivity contribution < 1.29 is 4.74 Å². The number of rotatable bonds is 8. The lowest BCUT2D eigenvalue weighted by molar-refractivity contribution is 0.306. The molecule has 1 aliphatic rings. The molecule has 0 spiro atoms. The molecule has 0 bridgehead atoms. The number of hydrogen-bond donors (Lipinski definition) is 1. The molecular weight excluding hydrogens is 306 g/mol.